The van der Waals surface area contributed by atoms with Gasteiger partial charge in [-0.05, 0) is 12.1 Å². The molecule has 0 spiro atoms. The number of benzene rings is 1. The molecule has 0 bridgehead atoms. The molecule has 0 unspecified atom stereocenters. The molecule has 1 aliphatic rings. The van der Waals surface area contributed by atoms with Crippen molar-refractivity contribution in [3.8, 4) is 17.0 Å². The van der Waals surface area contributed by atoms with Crippen molar-refractivity contribution in [2.75, 3.05) is 6.54 Å². The predicted octanol–water partition coefficient (Wildman–Crippen LogP) is 2.15. The number of rotatable bonds is 1. The minimum Gasteiger partial charge on any atom is -0.504 e. The third-order valence-corrected chi connectivity index (χ3v) is 3.33. The number of nitrogens with zero attached hydrogens (tertiary/aromatic N) is 2. The van der Waals surface area contributed by atoms with Crippen LogP contribution in [-0.2, 0) is 13.1 Å². The maximum absolute atomic E-state index is 13.5. The van der Waals surface area contributed by atoms with Crippen molar-refractivity contribution in [3.05, 3.63) is 35.0 Å². The number of aromatic hydroxyl groups is 1. The highest BCUT2D eigenvalue weighted by atomic mass is 35.5. The second-order valence-corrected chi connectivity index (χ2v) is 4.58. The fourth-order valence-electron chi connectivity index (χ4n) is 2.14. The molecular weight excluding hydrogens is 257 g/mol. The zero-order valence-electron chi connectivity index (χ0n) is 9.45. The highest BCUT2D eigenvalue weighted by Crippen LogP contribution is 2.32. The lowest BCUT2D eigenvalue weighted by atomic mass is 10.1. The summed E-state index contributed by atoms with van der Waals surface area (Å²) < 4.78 is 15.5. The molecule has 3 rings (SSSR count). The van der Waals surface area contributed by atoms with Crippen LogP contribution in [0.1, 0.15) is 5.82 Å². The Kier molecular flexibility index (Phi) is 2.72. The second kappa shape index (κ2) is 4.26. The first-order valence-corrected chi connectivity index (χ1v) is 5.98. The molecule has 94 valence electrons. The maximum atomic E-state index is 13.5. The van der Waals surface area contributed by atoms with Crippen LogP contribution >= 0.6 is 11.6 Å². The lowest BCUT2D eigenvalue weighted by Crippen LogP contribution is -2.28. The molecule has 0 atom stereocenters. The van der Waals surface area contributed by atoms with E-state index in [9.17, 15) is 9.50 Å². The number of phenols is 1. The largest absolute Gasteiger partial charge is 0.504 e. The summed E-state index contributed by atoms with van der Waals surface area (Å²) in [6, 6.07) is 2.82. The Bertz CT molecular complexity index is 588. The third-order valence-electron chi connectivity index (χ3n) is 3.05. The van der Waals surface area contributed by atoms with Crippen molar-refractivity contribution in [1.82, 2.24) is 14.9 Å². The predicted molar refractivity (Wildman–Crippen MR) is 66.0 cm³/mol. The van der Waals surface area contributed by atoms with E-state index in [-0.39, 0.29) is 5.02 Å². The van der Waals surface area contributed by atoms with Crippen LogP contribution in [-0.4, -0.2) is 21.2 Å². The molecule has 2 heterocycles. The Balaban J connectivity index is 2.13. The Hall–Kier alpha value is -1.59. The first-order valence-electron chi connectivity index (χ1n) is 5.60. The van der Waals surface area contributed by atoms with Crippen molar-refractivity contribution in [2.24, 2.45) is 0 Å². The Morgan fingerprint density at radius 1 is 1.44 bits per heavy atom. The van der Waals surface area contributed by atoms with Crippen molar-refractivity contribution < 1.29 is 9.50 Å². The summed E-state index contributed by atoms with van der Waals surface area (Å²) in [6.07, 6.45) is 1.70. The molecule has 0 radical (unpaired) electrons. The Labute approximate surface area is 108 Å². The highest BCUT2D eigenvalue weighted by Gasteiger charge is 2.17. The van der Waals surface area contributed by atoms with E-state index >= 15 is 0 Å². The summed E-state index contributed by atoms with van der Waals surface area (Å²) in [5, 5.41) is 12.6. The number of phenolic OH excluding ortho intramolecular Hbond substituents is 1. The molecule has 0 aliphatic carbocycles. The van der Waals surface area contributed by atoms with Gasteiger partial charge >= 0.3 is 0 Å². The van der Waals surface area contributed by atoms with Crippen LogP contribution in [0, 0.1) is 5.82 Å². The minimum absolute atomic E-state index is 0.00878. The van der Waals surface area contributed by atoms with Crippen LogP contribution in [0.2, 0.25) is 5.02 Å². The number of halogens is 2. The van der Waals surface area contributed by atoms with Gasteiger partial charge in [-0.15, -0.1) is 0 Å². The molecule has 18 heavy (non-hydrogen) atoms. The summed E-state index contributed by atoms with van der Waals surface area (Å²) in [5.74, 6) is -0.316. The number of hydrogen-bond acceptors (Lipinski definition) is 3. The number of imidazole rings is 1. The molecule has 2 aromatic rings. The molecule has 0 saturated carbocycles. The van der Waals surface area contributed by atoms with Gasteiger partial charge in [0.05, 0.1) is 23.5 Å². The normalized spacial score (nSPS) is 14.6. The van der Waals surface area contributed by atoms with Gasteiger partial charge in [0.2, 0.25) is 0 Å². The van der Waals surface area contributed by atoms with Crippen LogP contribution in [0.5, 0.6) is 5.75 Å². The van der Waals surface area contributed by atoms with E-state index in [2.05, 4.69) is 10.3 Å². The van der Waals surface area contributed by atoms with Crippen LogP contribution in [0.15, 0.2) is 18.3 Å². The maximum Gasteiger partial charge on any atom is 0.170 e. The number of fused-ring (bicyclic) bond motifs is 1. The first kappa shape index (κ1) is 11.5. The molecule has 6 heteroatoms. The van der Waals surface area contributed by atoms with Crippen molar-refractivity contribution >= 4 is 11.6 Å². The van der Waals surface area contributed by atoms with Gasteiger partial charge in [-0.2, -0.15) is 0 Å². The van der Waals surface area contributed by atoms with Crippen LogP contribution in [0.25, 0.3) is 11.3 Å². The van der Waals surface area contributed by atoms with E-state index in [1.165, 1.54) is 6.07 Å². The standard InChI is InChI=1S/C12H11ClFN3O/c13-8-3-7(4-9(14)12(8)18)10-5-16-11-6-15-1-2-17(10)11/h3-5,15,18H,1-2,6H2. The van der Waals surface area contributed by atoms with E-state index in [4.69, 9.17) is 11.6 Å². The summed E-state index contributed by atoms with van der Waals surface area (Å²) in [6.45, 7) is 2.34. The SMILES string of the molecule is Oc1c(F)cc(-c2cnc3n2CCNC3)cc1Cl. The number of hydrogen-bond donors (Lipinski definition) is 2. The van der Waals surface area contributed by atoms with E-state index in [0.717, 1.165) is 24.6 Å². The summed E-state index contributed by atoms with van der Waals surface area (Å²) >= 11 is 5.79. The van der Waals surface area contributed by atoms with Gasteiger partial charge in [-0.3, -0.25) is 0 Å². The zero-order chi connectivity index (χ0) is 12.7. The molecule has 1 aliphatic heterocycles. The topological polar surface area (TPSA) is 50.1 Å². The molecule has 0 saturated heterocycles. The molecule has 1 aromatic heterocycles. The third kappa shape index (κ3) is 1.76. The second-order valence-electron chi connectivity index (χ2n) is 4.18. The van der Waals surface area contributed by atoms with Gasteiger partial charge < -0.3 is 15.0 Å². The molecule has 2 N–H and O–H groups in total. The molecule has 0 fully saturated rings. The average molecular weight is 268 g/mol. The number of nitrogens with one attached hydrogen (secondary N) is 1. The van der Waals surface area contributed by atoms with Gasteiger partial charge in [-0.1, -0.05) is 11.6 Å². The van der Waals surface area contributed by atoms with Crippen molar-refractivity contribution in [2.45, 2.75) is 13.1 Å². The monoisotopic (exact) mass is 267 g/mol. The quantitative estimate of drug-likeness (QED) is 0.832. The van der Waals surface area contributed by atoms with Gasteiger partial charge in [0.1, 0.15) is 5.82 Å². The van der Waals surface area contributed by atoms with Crippen LogP contribution in [0.4, 0.5) is 4.39 Å². The highest BCUT2D eigenvalue weighted by molar-refractivity contribution is 6.32. The van der Waals surface area contributed by atoms with E-state index < -0.39 is 11.6 Å². The Morgan fingerprint density at radius 3 is 3.06 bits per heavy atom. The van der Waals surface area contributed by atoms with Gasteiger partial charge in [0.25, 0.3) is 0 Å². The summed E-state index contributed by atoms with van der Waals surface area (Å²) in [5.41, 5.74) is 1.43. The van der Waals surface area contributed by atoms with Gasteiger partial charge in [0.15, 0.2) is 11.6 Å². The lowest BCUT2D eigenvalue weighted by molar-refractivity contribution is 0.433. The smallest absolute Gasteiger partial charge is 0.170 e. The van der Waals surface area contributed by atoms with Crippen LogP contribution in [0.3, 0.4) is 0 Å². The average Bonchev–Trinajstić information content (AvgIpc) is 2.79. The minimum atomic E-state index is -0.720. The van der Waals surface area contributed by atoms with E-state index in [0.29, 0.717) is 12.1 Å². The zero-order valence-corrected chi connectivity index (χ0v) is 10.2. The van der Waals surface area contributed by atoms with E-state index in [1.54, 1.807) is 12.3 Å². The molecule has 4 nitrogen and oxygen atoms in total. The van der Waals surface area contributed by atoms with Gasteiger partial charge in [0, 0.05) is 18.7 Å². The molecule has 0 amide bonds. The lowest BCUT2D eigenvalue weighted by Gasteiger charge is -2.17. The van der Waals surface area contributed by atoms with Crippen molar-refractivity contribution in [1.29, 1.82) is 0 Å². The fourth-order valence-corrected chi connectivity index (χ4v) is 2.35. The molecular formula is C12H11ClFN3O. The van der Waals surface area contributed by atoms with E-state index in [1.807, 2.05) is 4.57 Å². The van der Waals surface area contributed by atoms with Gasteiger partial charge in [-0.25, -0.2) is 9.37 Å². The van der Waals surface area contributed by atoms with Crippen LogP contribution < -0.4 is 5.32 Å². The fraction of sp³-hybridized carbons (Fsp3) is 0.250. The summed E-state index contributed by atoms with van der Waals surface area (Å²) in [7, 11) is 0. The first-order chi connectivity index (χ1) is 8.66. The van der Waals surface area contributed by atoms with Crippen molar-refractivity contribution in [3.63, 3.8) is 0 Å². The Morgan fingerprint density at radius 2 is 2.28 bits per heavy atom. The number of aromatic nitrogens is 2. The summed E-state index contributed by atoms with van der Waals surface area (Å²) in [4.78, 5) is 4.29. The molecule has 1 aromatic carbocycles.